The maximum Gasteiger partial charge on any atom is 0.320 e. The number of ether oxygens (including phenoxy) is 4. The van der Waals surface area contributed by atoms with Gasteiger partial charge in [-0.2, -0.15) is 0 Å². The zero-order chi connectivity index (χ0) is 40.5. The molecule has 6 N–H and O–H groups in total. The molecule has 3 heterocycles. The highest BCUT2D eigenvalue weighted by atomic mass is 16.7. The number of nitrogens with zero attached hydrogens (tertiary/aromatic N) is 3. The third-order valence-electron chi connectivity index (χ3n) is 10.9. The minimum atomic E-state index is -0.410. The summed E-state index contributed by atoms with van der Waals surface area (Å²) < 4.78 is 25.6. The lowest BCUT2D eigenvalue weighted by Crippen LogP contribution is -2.51. The van der Waals surface area contributed by atoms with Gasteiger partial charge in [0.2, 0.25) is 5.96 Å². The van der Waals surface area contributed by atoms with Gasteiger partial charge in [0.25, 0.3) is 0 Å². The van der Waals surface area contributed by atoms with Gasteiger partial charge in [0.15, 0.2) is 6.29 Å². The van der Waals surface area contributed by atoms with E-state index in [1.807, 2.05) is 69.3 Å². The van der Waals surface area contributed by atoms with Crippen molar-refractivity contribution in [2.24, 2.45) is 16.1 Å². The molecule has 1 unspecified atom stereocenters. The zero-order valence-electron chi connectivity index (χ0n) is 34.1. The third kappa shape index (κ3) is 11.0. The van der Waals surface area contributed by atoms with Crippen LogP contribution in [-0.2, 0) is 9.47 Å². The van der Waals surface area contributed by atoms with E-state index in [9.17, 15) is 4.79 Å². The Morgan fingerprint density at radius 3 is 2.46 bits per heavy atom. The van der Waals surface area contributed by atoms with Crippen LogP contribution in [0.2, 0.25) is 0 Å². The van der Waals surface area contributed by atoms with Crippen molar-refractivity contribution in [2.75, 3.05) is 19.8 Å². The molecule has 0 saturated carbocycles. The number of pyridine rings is 1. The number of amides is 2. The summed E-state index contributed by atoms with van der Waals surface area (Å²) in [6.07, 6.45) is 10.5. The number of piperidine rings is 1. The molecule has 5 atom stereocenters. The maximum atomic E-state index is 13.7. The molecular formula is C44H60N8O5. The molecule has 0 radical (unpaired) electrons. The normalized spacial score (nSPS) is 23.0. The standard InChI is InChI=1S/C44H60N8O5/c1-29-12-10-13-30(2)52(29)42(47)51-28-33(19-22-39(51)46)57-37-21-20-36(34-16-6-7-17-35(34)37)49-43(53)50-40(27-38(45)44(3,4)5)48-31-14-11-15-32(26-31)54-24-25-56-41-18-8-9-23-55-41/h6-7,11,14-17,19,22,26-30,36-37,41,46-47H,8-10,12-13,18,20-21,23-25,45H2,1-5H3,(H2,48,49,50,53)/b38-27-,46-39?,47-42?/t29-,30+,36-,37+,41?/m0/s1. The lowest BCUT2D eigenvalue weighted by molar-refractivity contribution is -0.165. The van der Waals surface area contributed by atoms with E-state index in [-0.39, 0.29) is 41.4 Å². The zero-order valence-corrected chi connectivity index (χ0v) is 34.1. The van der Waals surface area contributed by atoms with Crippen molar-refractivity contribution < 1.29 is 23.7 Å². The molecule has 1 aromatic heterocycles. The van der Waals surface area contributed by atoms with E-state index in [0.717, 1.165) is 56.3 Å². The van der Waals surface area contributed by atoms with Crippen LogP contribution < -0.4 is 31.3 Å². The molecule has 3 aliphatic rings. The lowest BCUT2D eigenvalue weighted by Gasteiger charge is -2.41. The molecule has 2 amide bonds. The molecule has 2 saturated heterocycles. The fraction of sp³-hybridized carbons (Fsp3) is 0.500. The average Bonchev–Trinajstić information content (AvgIpc) is 3.18. The van der Waals surface area contributed by atoms with Crippen LogP contribution in [0.25, 0.3) is 0 Å². The van der Waals surface area contributed by atoms with E-state index in [2.05, 4.69) is 29.4 Å². The number of carbonyl (C=O) groups excluding carboxylic acids is 1. The van der Waals surface area contributed by atoms with E-state index in [1.165, 1.54) is 0 Å². The van der Waals surface area contributed by atoms with Gasteiger partial charge in [-0.05, 0) is 101 Å². The summed E-state index contributed by atoms with van der Waals surface area (Å²) in [7, 11) is 0. The Hall–Kier alpha value is -5.14. The first-order valence-electron chi connectivity index (χ1n) is 20.4. The first kappa shape index (κ1) is 41.5. The van der Waals surface area contributed by atoms with Crippen molar-refractivity contribution in [3.8, 4) is 11.5 Å². The van der Waals surface area contributed by atoms with Crippen LogP contribution in [0.3, 0.4) is 0 Å². The maximum absolute atomic E-state index is 13.7. The first-order valence-corrected chi connectivity index (χ1v) is 20.4. The molecule has 6 rings (SSSR count). The van der Waals surface area contributed by atoms with Crippen molar-refractivity contribution in [3.05, 3.63) is 95.2 Å². The fourth-order valence-corrected chi connectivity index (χ4v) is 7.61. The number of benzene rings is 2. The minimum Gasteiger partial charge on any atom is -0.491 e. The number of fused-ring (bicyclic) bond motifs is 1. The van der Waals surface area contributed by atoms with Crippen molar-refractivity contribution in [1.82, 2.24) is 20.1 Å². The van der Waals surface area contributed by atoms with Crippen molar-refractivity contribution in [3.63, 3.8) is 0 Å². The number of hydrogen-bond acceptors (Lipinski definition) is 9. The Morgan fingerprint density at radius 1 is 0.947 bits per heavy atom. The van der Waals surface area contributed by atoms with Gasteiger partial charge in [-0.25, -0.2) is 9.79 Å². The number of rotatable bonds is 10. The second kappa shape index (κ2) is 18.9. The molecule has 57 heavy (non-hydrogen) atoms. The summed E-state index contributed by atoms with van der Waals surface area (Å²) in [5, 5.41) is 23.7. The van der Waals surface area contributed by atoms with Crippen molar-refractivity contribution in [1.29, 1.82) is 10.8 Å². The molecule has 13 heteroatoms. The molecule has 3 aromatic rings. The number of allylic oxidation sites excluding steroid dienone is 1. The Labute approximate surface area is 336 Å². The Kier molecular flexibility index (Phi) is 13.7. The summed E-state index contributed by atoms with van der Waals surface area (Å²) in [4.78, 5) is 20.6. The van der Waals surface area contributed by atoms with Crippen LogP contribution in [0, 0.1) is 16.2 Å². The molecule has 13 nitrogen and oxygen atoms in total. The SMILES string of the molecule is C[C@@H]1CCC[C@H](C)N1C(=N)n1cc(O[C@@H]2CC[C@H](NC(=O)NC(/C=C(\N)C(C)(C)C)=Nc3cccc(OCCOC4CCCCO4)c3)c3ccccc32)ccc1=N. The summed E-state index contributed by atoms with van der Waals surface area (Å²) in [5.74, 6) is 1.80. The highest BCUT2D eigenvalue weighted by Gasteiger charge is 2.31. The number of urea groups is 1. The quantitative estimate of drug-likeness (QED) is 0.0793. The number of nitrogens with one attached hydrogen (secondary N) is 4. The fourth-order valence-electron chi connectivity index (χ4n) is 7.61. The molecular weight excluding hydrogens is 721 g/mol. The number of aliphatic imine (C=N–C) groups is 1. The number of carbonyl (C=O) groups is 1. The third-order valence-corrected chi connectivity index (χ3v) is 10.9. The van der Waals surface area contributed by atoms with E-state index in [0.29, 0.717) is 60.7 Å². The topological polar surface area (TPSA) is 172 Å². The van der Waals surface area contributed by atoms with Gasteiger partial charge in [-0.1, -0.05) is 51.1 Å². The summed E-state index contributed by atoms with van der Waals surface area (Å²) in [6.45, 7) is 11.8. The smallest absolute Gasteiger partial charge is 0.320 e. The van der Waals surface area contributed by atoms with Crippen LogP contribution in [-0.4, -0.2) is 65.5 Å². The van der Waals surface area contributed by atoms with Gasteiger partial charge in [-0.3, -0.25) is 20.7 Å². The van der Waals surface area contributed by atoms with Gasteiger partial charge in [0.1, 0.15) is 35.5 Å². The second-order valence-corrected chi connectivity index (χ2v) is 16.3. The molecule has 2 aliphatic heterocycles. The second-order valence-electron chi connectivity index (χ2n) is 16.3. The Balaban J connectivity index is 1.13. The van der Waals surface area contributed by atoms with Gasteiger partial charge in [-0.15, -0.1) is 0 Å². The van der Waals surface area contributed by atoms with Crippen LogP contribution in [0.5, 0.6) is 11.5 Å². The predicted molar refractivity (Wildman–Crippen MR) is 222 cm³/mol. The van der Waals surface area contributed by atoms with Crippen LogP contribution in [0.15, 0.2) is 83.6 Å². The summed E-state index contributed by atoms with van der Waals surface area (Å²) >= 11 is 0. The van der Waals surface area contributed by atoms with Crippen molar-refractivity contribution >= 4 is 23.5 Å². The number of amidine groups is 1. The van der Waals surface area contributed by atoms with Crippen LogP contribution in [0.4, 0.5) is 10.5 Å². The molecule has 0 bridgehead atoms. The lowest BCUT2D eigenvalue weighted by atomic mass is 9.85. The molecule has 1 aliphatic carbocycles. The van der Waals surface area contributed by atoms with Gasteiger partial charge in [0.05, 0.1) is 24.5 Å². The number of nitrogens with two attached hydrogens (primary N) is 1. The molecule has 2 fully saturated rings. The van der Waals surface area contributed by atoms with Gasteiger partial charge < -0.3 is 34.9 Å². The highest BCUT2D eigenvalue weighted by molar-refractivity contribution is 6.05. The van der Waals surface area contributed by atoms with Crippen molar-refractivity contribution in [2.45, 2.75) is 117 Å². The summed E-state index contributed by atoms with van der Waals surface area (Å²) in [6, 6.07) is 18.6. The van der Waals surface area contributed by atoms with E-state index in [4.69, 9.17) is 40.5 Å². The number of hydrogen-bond donors (Lipinski definition) is 5. The van der Waals surface area contributed by atoms with Crippen LogP contribution in [0.1, 0.15) is 109 Å². The Morgan fingerprint density at radius 2 is 1.72 bits per heavy atom. The molecule has 306 valence electrons. The van der Waals surface area contributed by atoms with E-state index >= 15 is 0 Å². The Bertz CT molecular complexity index is 1970. The first-order chi connectivity index (χ1) is 27.4. The highest BCUT2D eigenvalue weighted by Crippen LogP contribution is 2.39. The predicted octanol–water partition coefficient (Wildman–Crippen LogP) is 7.81. The summed E-state index contributed by atoms with van der Waals surface area (Å²) in [5.41, 5.74) is 9.45. The minimum absolute atomic E-state index is 0.171. The molecule has 0 spiro atoms. The van der Waals surface area contributed by atoms with E-state index in [1.54, 1.807) is 29.0 Å². The number of likely N-dealkylation sites (tertiary alicyclic amines) is 1. The monoisotopic (exact) mass is 780 g/mol. The van der Waals surface area contributed by atoms with Gasteiger partial charge >= 0.3 is 6.03 Å². The average molecular weight is 781 g/mol. The molecule has 2 aromatic carbocycles. The largest absolute Gasteiger partial charge is 0.491 e. The van der Waals surface area contributed by atoms with E-state index < -0.39 is 6.03 Å². The number of aromatic nitrogens is 1. The van der Waals surface area contributed by atoms with Crippen LogP contribution >= 0.6 is 0 Å². The van der Waals surface area contributed by atoms with Gasteiger partial charge in [0, 0.05) is 41.9 Å².